The van der Waals surface area contributed by atoms with Gasteiger partial charge in [-0.3, -0.25) is 14.5 Å². The Kier molecular flexibility index (Phi) is 5.94. The standard InChI is InChI=1S/C25H22N8O/c1-14-4-18-6-17(7-19(8-26)24(18)29-10-14)12-33-13-21(22(9-27)32-33)25(34)30-11-20-15(2)5-23(28)31-16(20)3/h4-7,10,13H,11-12H2,1-3H3,(H2,28,31)(H,30,34). The molecule has 0 spiro atoms. The van der Waals surface area contributed by atoms with Crippen molar-refractivity contribution in [3.63, 3.8) is 0 Å². The van der Waals surface area contributed by atoms with E-state index in [1.807, 2.05) is 39.0 Å². The molecule has 0 saturated carbocycles. The number of aromatic nitrogens is 4. The summed E-state index contributed by atoms with van der Waals surface area (Å²) in [6.07, 6.45) is 3.27. The van der Waals surface area contributed by atoms with Gasteiger partial charge in [0.15, 0.2) is 5.69 Å². The molecule has 34 heavy (non-hydrogen) atoms. The zero-order valence-corrected chi connectivity index (χ0v) is 19.0. The van der Waals surface area contributed by atoms with Crippen molar-refractivity contribution in [2.24, 2.45) is 0 Å². The van der Waals surface area contributed by atoms with E-state index >= 15 is 0 Å². The molecule has 4 aromatic rings. The van der Waals surface area contributed by atoms with Gasteiger partial charge in [-0.2, -0.15) is 15.6 Å². The van der Waals surface area contributed by atoms with E-state index in [1.54, 1.807) is 24.5 Å². The lowest BCUT2D eigenvalue weighted by atomic mass is 10.0. The van der Waals surface area contributed by atoms with E-state index in [0.717, 1.165) is 33.3 Å². The Morgan fingerprint density at radius 2 is 1.94 bits per heavy atom. The fourth-order valence-corrected chi connectivity index (χ4v) is 3.96. The zero-order valence-electron chi connectivity index (χ0n) is 19.0. The molecule has 0 aliphatic carbocycles. The topological polar surface area (TPSA) is 146 Å². The summed E-state index contributed by atoms with van der Waals surface area (Å²) in [4.78, 5) is 21.5. The molecule has 9 nitrogen and oxygen atoms in total. The van der Waals surface area contributed by atoms with Gasteiger partial charge in [-0.1, -0.05) is 0 Å². The molecule has 1 amide bonds. The number of nitrogens with one attached hydrogen (secondary N) is 1. The minimum Gasteiger partial charge on any atom is -0.384 e. The van der Waals surface area contributed by atoms with E-state index < -0.39 is 5.91 Å². The van der Waals surface area contributed by atoms with Crippen molar-refractivity contribution in [2.45, 2.75) is 33.9 Å². The lowest BCUT2D eigenvalue weighted by Crippen LogP contribution is -2.24. The SMILES string of the molecule is Cc1cnc2c(C#N)cc(Cn3cc(C(=O)NCc4c(C)cc(N)nc4C)c(C#N)n3)cc2c1. The van der Waals surface area contributed by atoms with Gasteiger partial charge >= 0.3 is 0 Å². The molecule has 4 rings (SSSR count). The molecule has 0 saturated heterocycles. The second kappa shape index (κ2) is 9.00. The molecule has 3 aromatic heterocycles. The summed E-state index contributed by atoms with van der Waals surface area (Å²) in [5, 5.41) is 27.0. The number of amides is 1. The first-order valence-corrected chi connectivity index (χ1v) is 10.6. The molecular formula is C25H22N8O. The molecule has 9 heteroatoms. The van der Waals surface area contributed by atoms with Crippen molar-refractivity contribution in [1.29, 1.82) is 10.5 Å². The van der Waals surface area contributed by atoms with Crippen molar-refractivity contribution in [1.82, 2.24) is 25.1 Å². The molecule has 3 heterocycles. The van der Waals surface area contributed by atoms with Crippen LogP contribution >= 0.6 is 0 Å². The van der Waals surface area contributed by atoms with Crippen LogP contribution in [0.15, 0.2) is 36.7 Å². The normalized spacial score (nSPS) is 10.6. The number of nitrogens with zero attached hydrogens (tertiary/aromatic N) is 6. The maximum Gasteiger partial charge on any atom is 0.256 e. The predicted octanol–water partition coefficient (Wildman–Crippen LogP) is 3.06. The molecule has 0 aliphatic rings. The van der Waals surface area contributed by atoms with Crippen molar-refractivity contribution >= 4 is 22.6 Å². The van der Waals surface area contributed by atoms with E-state index in [9.17, 15) is 15.3 Å². The molecule has 0 bridgehead atoms. The second-order valence-corrected chi connectivity index (χ2v) is 8.15. The molecule has 0 unspecified atom stereocenters. The molecule has 0 fully saturated rings. The zero-order chi connectivity index (χ0) is 24.4. The number of nitrogen functional groups attached to an aromatic ring is 1. The third kappa shape index (κ3) is 4.41. The maximum absolute atomic E-state index is 12.9. The molecule has 1 aromatic carbocycles. The third-order valence-corrected chi connectivity index (χ3v) is 5.56. The van der Waals surface area contributed by atoms with Crippen LogP contribution in [0.25, 0.3) is 10.9 Å². The third-order valence-electron chi connectivity index (χ3n) is 5.56. The van der Waals surface area contributed by atoms with Gasteiger partial charge in [0.1, 0.15) is 18.0 Å². The number of aryl methyl sites for hydroxylation is 3. The number of nitrogens with two attached hydrogens (primary N) is 1. The number of rotatable bonds is 5. The van der Waals surface area contributed by atoms with E-state index in [-0.39, 0.29) is 17.8 Å². The largest absolute Gasteiger partial charge is 0.384 e. The van der Waals surface area contributed by atoms with Crippen molar-refractivity contribution < 1.29 is 4.79 Å². The van der Waals surface area contributed by atoms with Crippen LogP contribution in [0.4, 0.5) is 5.82 Å². The molecule has 0 aliphatic heterocycles. The Morgan fingerprint density at radius 1 is 1.15 bits per heavy atom. The van der Waals surface area contributed by atoms with E-state index in [2.05, 4.69) is 26.5 Å². The minimum absolute atomic E-state index is 0.0279. The van der Waals surface area contributed by atoms with E-state index in [4.69, 9.17) is 5.73 Å². The Hall–Kier alpha value is -4.76. The highest BCUT2D eigenvalue weighted by molar-refractivity contribution is 5.96. The predicted molar refractivity (Wildman–Crippen MR) is 127 cm³/mol. The molecule has 0 radical (unpaired) electrons. The van der Waals surface area contributed by atoms with Crippen LogP contribution in [0.1, 0.15) is 49.6 Å². The number of hydrogen-bond donors (Lipinski definition) is 2. The monoisotopic (exact) mass is 450 g/mol. The number of carbonyl (C=O) groups is 1. The van der Waals surface area contributed by atoms with Gasteiger partial charge in [0.2, 0.25) is 0 Å². The summed E-state index contributed by atoms with van der Waals surface area (Å²) in [6, 6.07) is 11.6. The van der Waals surface area contributed by atoms with Gasteiger partial charge in [0, 0.05) is 30.0 Å². The first kappa shape index (κ1) is 22.4. The van der Waals surface area contributed by atoms with Crippen LogP contribution < -0.4 is 11.1 Å². The molecule has 168 valence electrons. The fraction of sp³-hybridized carbons (Fsp3) is 0.200. The van der Waals surface area contributed by atoms with E-state index in [1.165, 1.54) is 4.68 Å². The summed E-state index contributed by atoms with van der Waals surface area (Å²) < 4.78 is 1.53. The number of pyridine rings is 2. The van der Waals surface area contributed by atoms with Gasteiger partial charge in [-0.15, -0.1) is 0 Å². The summed E-state index contributed by atoms with van der Waals surface area (Å²) in [7, 11) is 0. The number of hydrogen-bond acceptors (Lipinski definition) is 7. The van der Waals surface area contributed by atoms with Crippen LogP contribution in [-0.4, -0.2) is 25.7 Å². The molecular weight excluding hydrogens is 428 g/mol. The van der Waals surface area contributed by atoms with Crippen LogP contribution in [0.2, 0.25) is 0 Å². The number of fused-ring (bicyclic) bond motifs is 1. The first-order chi connectivity index (χ1) is 16.3. The van der Waals surface area contributed by atoms with Crippen molar-refractivity contribution in [3.05, 3.63) is 81.4 Å². The van der Waals surface area contributed by atoms with Crippen LogP contribution in [-0.2, 0) is 13.1 Å². The lowest BCUT2D eigenvalue weighted by Gasteiger charge is -2.11. The second-order valence-electron chi connectivity index (χ2n) is 8.15. The van der Waals surface area contributed by atoms with Crippen molar-refractivity contribution in [2.75, 3.05) is 5.73 Å². The van der Waals surface area contributed by atoms with Gasteiger partial charge in [-0.05, 0) is 67.3 Å². The smallest absolute Gasteiger partial charge is 0.256 e. The van der Waals surface area contributed by atoms with Crippen LogP contribution in [0, 0.1) is 43.4 Å². The number of nitriles is 2. The van der Waals surface area contributed by atoms with Gasteiger partial charge < -0.3 is 11.1 Å². The first-order valence-electron chi connectivity index (χ1n) is 10.6. The Bertz CT molecular complexity index is 1500. The molecule has 3 N–H and O–H groups in total. The molecule has 0 atom stereocenters. The minimum atomic E-state index is -0.408. The fourth-order valence-electron chi connectivity index (χ4n) is 3.96. The van der Waals surface area contributed by atoms with Crippen LogP contribution in [0.5, 0.6) is 0 Å². The summed E-state index contributed by atoms with van der Waals surface area (Å²) >= 11 is 0. The Balaban J connectivity index is 1.58. The average molecular weight is 451 g/mol. The summed E-state index contributed by atoms with van der Waals surface area (Å²) in [6.45, 7) is 6.22. The van der Waals surface area contributed by atoms with Gasteiger partial charge in [0.25, 0.3) is 5.91 Å². The Labute approximate surface area is 196 Å². The summed E-state index contributed by atoms with van der Waals surface area (Å²) in [5.41, 5.74) is 11.4. The highest BCUT2D eigenvalue weighted by atomic mass is 16.1. The highest BCUT2D eigenvalue weighted by Gasteiger charge is 2.18. The number of benzene rings is 1. The maximum atomic E-state index is 12.9. The highest BCUT2D eigenvalue weighted by Crippen LogP contribution is 2.21. The Morgan fingerprint density at radius 3 is 2.65 bits per heavy atom. The average Bonchev–Trinajstić information content (AvgIpc) is 3.20. The number of carbonyl (C=O) groups excluding carboxylic acids is 1. The van der Waals surface area contributed by atoms with Gasteiger partial charge in [-0.25, -0.2) is 4.98 Å². The van der Waals surface area contributed by atoms with Crippen molar-refractivity contribution in [3.8, 4) is 12.1 Å². The number of anilines is 1. The quantitative estimate of drug-likeness (QED) is 0.475. The van der Waals surface area contributed by atoms with E-state index in [0.29, 0.717) is 23.4 Å². The van der Waals surface area contributed by atoms with Gasteiger partial charge in [0.05, 0.1) is 23.2 Å². The van der Waals surface area contributed by atoms with Crippen LogP contribution in [0.3, 0.4) is 0 Å². The lowest BCUT2D eigenvalue weighted by molar-refractivity contribution is 0.0950. The summed E-state index contributed by atoms with van der Waals surface area (Å²) in [5.74, 6) is 0.0202.